The molecule has 2 amide bonds. The summed E-state index contributed by atoms with van der Waals surface area (Å²) in [5.74, 6) is -0.682. The first kappa shape index (κ1) is 10.2. The fraction of sp³-hybridized carbons (Fsp3) is 0.182. The molecule has 0 saturated carbocycles. The van der Waals surface area contributed by atoms with Crippen molar-refractivity contribution in [3.05, 3.63) is 23.8 Å². The molecule has 1 aromatic carbocycles. The van der Waals surface area contributed by atoms with Crippen LogP contribution in [0, 0.1) is 11.3 Å². The molecule has 0 saturated heterocycles. The number of nitriles is 1. The number of fused-ring (bicyclic) bond motifs is 1. The van der Waals surface area contributed by atoms with Crippen molar-refractivity contribution in [3.8, 4) is 6.07 Å². The lowest BCUT2D eigenvalue weighted by Gasteiger charge is -2.13. The molecule has 0 bridgehead atoms. The van der Waals surface area contributed by atoms with E-state index < -0.39 is 5.91 Å². The molecule has 1 aromatic rings. The highest BCUT2D eigenvalue weighted by molar-refractivity contribution is 6.05. The van der Waals surface area contributed by atoms with Gasteiger partial charge in [-0.25, -0.2) is 0 Å². The van der Waals surface area contributed by atoms with Crippen LogP contribution >= 0.6 is 0 Å². The van der Waals surface area contributed by atoms with E-state index in [1.165, 1.54) is 11.9 Å². The van der Waals surface area contributed by atoms with E-state index in [0.29, 0.717) is 12.1 Å². The van der Waals surface area contributed by atoms with Crippen LogP contribution < -0.4 is 10.2 Å². The number of carbonyl (C=O) groups excluding carboxylic acids is 2. The first-order valence-electron chi connectivity index (χ1n) is 4.72. The maximum atomic E-state index is 11.2. The standard InChI is InChI=1S/C11H9N3O2/c1-14(11(16)6-12)8-2-3-9-7(4-8)5-10(15)13-9/h2-4H,5H2,1H3,(H,13,15). The van der Waals surface area contributed by atoms with Gasteiger partial charge in [0.05, 0.1) is 6.42 Å². The normalized spacial score (nSPS) is 12.6. The minimum atomic E-state index is -0.628. The summed E-state index contributed by atoms with van der Waals surface area (Å²) in [6.45, 7) is 0. The number of anilines is 2. The van der Waals surface area contributed by atoms with Crippen LogP contribution in [0.15, 0.2) is 18.2 Å². The van der Waals surface area contributed by atoms with E-state index in [1.54, 1.807) is 24.3 Å². The van der Waals surface area contributed by atoms with Crippen LogP contribution in [0.4, 0.5) is 11.4 Å². The van der Waals surface area contributed by atoms with E-state index in [1.807, 2.05) is 0 Å². The molecular formula is C11H9N3O2. The minimum Gasteiger partial charge on any atom is -0.326 e. The molecule has 5 heteroatoms. The summed E-state index contributed by atoms with van der Waals surface area (Å²) in [5, 5.41) is 11.2. The van der Waals surface area contributed by atoms with Crippen molar-refractivity contribution in [2.75, 3.05) is 17.3 Å². The zero-order valence-corrected chi connectivity index (χ0v) is 8.65. The molecule has 5 nitrogen and oxygen atoms in total. The highest BCUT2D eigenvalue weighted by Crippen LogP contribution is 2.27. The minimum absolute atomic E-state index is 0.0542. The molecule has 0 atom stereocenters. The molecule has 2 rings (SSSR count). The maximum Gasteiger partial charge on any atom is 0.329 e. The van der Waals surface area contributed by atoms with Gasteiger partial charge < -0.3 is 10.2 Å². The number of hydrogen-bond acceptors (Lipinski definition) is 3. The third kappa shape index (κ3) is 1.61. The van der Waals surface area contributed by atoms with Gasteiger partial charge in [0.2, 0.25) is 5.91 Å². The van der Waals surface area contributed by atoms with Crippen LogP contribution in [0.2, 0.25) is 0 Å². The fourth-order valence-corrected chi connectivity index (χ4v) is 1.62. The summed E-state index contributed by atoms with van der Waals surface area (Å²) >= 11 is 0. The lowest BCUT2D eigenvalue weighted by atomic mass is 10.1. The smallest absolute Gasteiger partial charge is 0.326 e. The summed E-state index contributed by atoms with van der Waals surface area (Å²) in [6, 6.07) is 6.71. The van der Waals surface area contributed by atoms with E-state index in [9.17, 15) is 9.59 Å². The molecule has 16 heavy (non-hydrogen) atoms. The second-order valence-electron chi connectivity index (χ2n) is 3.54. The zero-order chi connectivity index (χ0) is 11.7. The van der Waals surface area contributed by atoms with E-state index >= 15 is 0 Å². The molecule has 0 aromatic heterocycles. The summed E-state index contributed by atoms with van der Waals surface area (Å²) in [5.41, 5.74) is 2.23. The highest BCUT2D eigenvalue weighted by Gasteiger charge is 2.19. The predicted molar refractivity (Wildman–Crippen MR) is 57.8 cm³/mol. The van der Waals surface area contributed by atoms with Gasteiger partial charge in [-0.05, 0) is 23.8 Å². The van der Waals surface area contributed by atoms with Gasteiger partial charge in [-0.1, -0.05) is 0 Å². The molecular weight excluding hydrogens is 206 g/mol. The van der Waals surface area contributed by atoms with Gasteiger partial charge in [-0.2, -0.15) is 5.26 Å². The number of carbonyl (C=O) groups is 2. The number of rotatable bonds is 1. The van der Waals surface area contributed by atoms with Crippen molar-refractivity contribution in [3.63, 3.8) is 0 Å². The fourth-order valence-electron chi connectivity index (χ4n) is 1.62. The van der Waals surface area contributed by atoms with Crippen molar-refractivity contribution in [1.29, 1.82) is 5.26 Å². The quantitative estimate of drug-likeness (QED) is 0.699. The number of amides is 2. The topological polar surface area (TPSA) is 73.2 Å². The Morgan fingerprint density at radius 3 is 3.00 bits per heavy atom. The molecule has 1 heterocycles. The molecule has 0 spiro atoms. The van der Waals surface area contributed by atoms with Crippen molar-refractivity contribution in [1.82, 2.24) is 0 Å². The van der Waals surface area contributed by atoms with Crippen LogP contribution in [0.3, 0.4) is 0 Å². The van der Waals surface area contributed by atoms with Gasteiger partial charge in [0.1, 0.15) is 0 Å². The summed E-state index contributed by atoms with van der Waals surface area (Å²) in [4.78, 5) is 23.5. The van der Waals surface area contributed by atoms with E-state index in [-0.39, 0.29) is 5.91 Å². The Hall–Kier alpha value is -2.35. The Balaban J connectivity index is 2.33. The Morgan fingerprint density at radius 1 is 1.56 bits per heavy atom. The average molecular weight is 215 g/mol. The van der Waals surface area contributed by atoms with E-state index in [4.69, 9.17) is 5.26 Å². The van der Waals surface area contributed by atoms with Crippen LogP contribution in [0.1, 0.15) is 5.56 Å². The predicted octanol–water partition coefficient (Wildman–Crippen LogP) is 0.668. The maximum absolute atomic E-state index is 11.2. The zero-order valence-electron chi connectivity index (χ0n) is 8.65. The molecule has 0 fully saturated rings. The Labute approximate surface area is 92.3 Å². The molecule has 1 aliphatic heterocycles. The highest BCUT2D eigenvalue weighted by atomic mass is 16.2. The second kappa shape index (κ2) is 3.66. The van der Waals surface area contributed by atoms with E-state index in [2.05, 4.69) is 5.32 Å². The molecule has 0 aliphatic carbocycles. The number of nitrogens with one attached hydrogen (secondary N) is 1. The van der Waals surface area contributed by atoms with Crippen LogP contribution in [-0.4, -0.2) is 18.9 Å². The summed E-state index contributed by atoms with van der Waals surface area (Å²) in [6.07, 6.45) is 0.317. The lowest BCUT2D eigenvalue weighted by Crippen LogP contribution is -2.24. The molecule has 1 N–H and O–H groups in total. The van der Waals surface area contributed by atoms with Crippen molar-refractivity contribution in [2.45, 2.75) is 6.42 Å². The second-order valence-corrected chi connectivity index (χ2v) is 3.54. The van der Waals surface area contributed by atoms with Crippen LogP contribution in [-0.2, 0) is 16.0 Å². The van der Waals surface area contributed by atoms with Crippen molar-refractivity contribution >= 4 is 23.2 Å². The van der Waals surface area contributed by atoms with Gasteiger partial charge in [0, 0.05) is 18.4 Å². The first-order valence-corrected chi connectivity index (χ1v) is 4.72. The summed E-state index contributed by atoms with van der Waals surface area (Å²) in [7, 11) is 1.53. The molecule has 0 unspecified atom stereocenters. The third-order valence-electron chi connectivity index (χ3n) is 2.50. The number of hydrogen-bond donors (Lipinski definition) is 1. The first-order chi connectivity index (χ1) is 7.61. The number of benzene rings is 1. The summed E-state index contributed by atoms with van der Waals surface area (Å²) < 4.78 is 0. The largest absolute Gasteiger partial charge is 0.329 e. The van der Waals surface area contributed by atoms with Crippen LogP contribution in [0.25, 0.3) is 0 Å². The SMILES string of the molecule is CN(C(=O)C#N)c1ccc2c(c1)CC(=O)N2. The van der Waals surface area contributed by atoms with Gasteiger partial charge in [-0.15, -0.1) is 0 Å². The van der Waals surface area contributed by atoms with Gasteiger partial charge in [0.15, 0.2) is 6.07 Å². The van der Waals surface area contributed by atoms with Crippen molar-refractivity contribution in [2.24, 2.45) is 0 Å². The Morgan fingerprint density at radius 2 is 2.31 bits per heavy atom. The molecule has 0 radical (unpaired) electrons. The Kier molecular flexibility index (Phi) is 2.33. The Bertz CT molecular complexity index is 516. The monoisotopic (exact) mass is 215 g/mol. The molecule has 80 valence electrons. The lowest BCUT2D eigenvalue weighted by molar-refractivity contribution is -0.115. The van der Waals surface area contributed by atoms with Crippen LogP contribution in [0.5, 0.6) is 0 Å². The van der Waals surface area contributed by atoms with Gasteiger partial charge in [-0.3, -0.25) is 9.59 Å². The number of nitrogens with zero attached hydrogens (tertiary/aromatic N) is 2. The molecule has 1 aliphatic rings. The van der Waals surface area contributed by atoms with E-state index in [0.717, 1.165) is 11.3 Å². The third-order valence-corrected chi connectivity index (χ3v) is 2.50. The average Bonchev–Trinajstić information content (AvgIpc) is 2.65. The van der Waals surface area contributed by atoms with Gasteiger partial charge in [0.25, 0.3) is 0 Å². The van der Waals surface area contributed by atoms with Crippen molar-refractivity contribution < 1.29 is 9.59 Å². The van der Waals surface area contributed by atoms with Gasteiger partial charge >= 0.3 is 5.91 Å².